The first-order valence-corrected chi connectivity index (χ1v) is 13.4. The highest BCUT2D eigenvalue weighted by molar-refractivity contribution is 5.55. The zero-order valence-electron chi connectivity index (χ0n) is 21.1. The van der Waals surface area contributed by atoms with E-state index in [1.165, 1.54) is 44.9 Å². The molecule has 0 aromatic heterocycles. The monoisotopic (exact) mass is 464 g/mol. The third kappa shape index (κ3) is 11.1. The molecule has 0 saturated heterocycles. The van der Waals surface area contributed by atoms with Crippen molar-refractivity contribution in [3.63, 3.8) is 0 Å². The zero-order valence-corrected chi connectivity index (χ0v) is 21.1. The zero-order chi connectivity index (χ0) is 24.4. The van der Waals surface area contributed by atoms with Gasteiger partial charge >= 0.3 is 0 Å². The van der Waals surface area contributed by atoms with E-state index in [9.17, 15) is 14.7 Å². The van der Waals surface area contributed by atoms with Gasteiger partial charge in [0.25, 0.3) is 0 Å². The Bertz CT molecular complexity index is 815. The van der Waals surface area contributed by atoms with Gasteiger partial charge in [-0.15, -0.1) is 0 Å². The van der Waals surface area contributed by atoms with Gasteiger partial charge in [-0.3, -0.25) is 0 Å². The first kappa shape index (κ1) is 27.8. The lowest BCUT2D eigenvalue weighted by Crippen LogP contribution is -2.09. The van der Waals surface area contributed by atoms with Crippen LogP contribution in [0.15, 0.2) is 48.5 Å². The van der Waals surface area contributed by atoms with Crippen molar-refractivity contribution in [2.24, 2.45) is 11.8 Å². The minimum Gasteiger partial charge on any atom is -0.508 e. The molecule has 0 amide bonds. The summed E-state index contributed by atoms with van der Waals surface area (Å²) in [6, 6.07) is 15.8. The van der Waals surface area contributed by atoms with Crippen LogP contribution in [0.25, 0.3) is 0 Å². The number of hydrogen-bond donors (Lipinski definition) is 1. The SMILES string of the molecule is CCCCCCCCCCC(C=O)CCCC(C=O)Cc1ccc(O)c(Cc2ccccc2)c1. The van der Waals surface area contributed by atoms with Crippen molar-refractivity contribution in [2.45, 2.75) is 96.8 Å². The van der Waals surface area contributed by atoms with Crippen molar-refractivity contribution in [2.75, 3.05) is 0 Å². The van der Waals surface area contributed by atoms with Gasteiger partial charge in [0, 0.05) is 18.3 Å². The fourth-order valence-corrected chi connectivity index (χ4v) is 4.71. The van der Waals surface area contributed by atoms with Crippen LogP contribution >= 0.6 is 0 Å². The van der Waals surface area contributed by atoms with Gasteiger partial charge in [0.1, 0.15) is 18.3 Å². The van der Waals surface area contributed by atoms with Crippen molar-refractivity contribution in [1.29, 1.82) is 0 Å². The minimum absolute atomic E-state index is 0.0514. The van der Waals surface area contributed by atoms with E-state index in [0.29, 0.717) is 18.6 Å². The summed E-state index contributed by atoms with van der Waals surface area (Å²) in [5, 5.41) is 10.3. The Labute approximate surface area is 207 Å². The van der Waals surface area contributed by atoms with Crippen LogP contribution in [0.4, 0.5) is 0 Å². The van der Waals surface area contributed by atoms with E-state index in [1.807, 2.05) is 30.3 Å². The highest BCUT2D eigenvalue weighted by Crippen LogP contribution is 2.25. The van der Waals surface area contributed by atoms with Crippen molar-refractivity contribution < 1.29 is 14.7 Å². The van der Waals surface area contributed by atoms with Crippen LogP contribution in [0.1, 0.15) is 101 Å². The van der Waals surface area contributed by atoms with E-state index in [0.717, 1.165) is 61.4 Å². The fourth-order valence-electron chi connectivity index (χ4n) is 4.71. The van der Waals surface area contributed by atoms with Crippen LogP contribution in [-0.4, -0.2) is 17.7 Å². The first-order valence-electron chi connectivity index (χ1n) is 13.4. The largest absolute Gasteiger partial charge is 0.508 e. The first-order chi connectivity index (χ1) is 16.7. The number of carbonyl (C=O) groups excluding carboxylic acids is 2. The molecule has 0 fully saturated rings. The summed E-state index contributed by atoms with van der Waals surface area (Å²) in [4.78, 5) is 23.2. The second-order valence-electron chi connectivity index (χ2n) is 9.82. The van der Waals surface area contributed by atoms with Gasteiger partial charge in [0.15, 0.2) is 0 Å². The molecule has 1 N–H and O–H groups in total. The Morgan fingerprint density at radius 3 is 2.00 bits per heavy atom. The highest BCUT2D eigenvalue weighted by Gasteiger charge is 2.13. The molecule has 0 aliphatic carbocycles. The van der Waals surface area contributed by atoms with Crippen LogP contribution in [0.2, 0.25) is 0 Å². The van der Waals surface area contributed by atoms with Gasteiger partial charge in [0.2, 0.25) is 0 Å². The van der Waals surface area contributed by atoms with E-state index >= 15 is 0 Å². The van der Waals surface area contributed by atoms with Gasteiger partial charge in [0.05, 0.1) is 0 Å². The van der Waals surface area contributed by atoms with Gasteiger partial charge in [-0.25, -0.2) is 0 Å². The summed E-state index contributed by atoms with van der Waals surface area (Å²) >= 11 is 0. The molecular weight excluding hydrogens is 420 g/mol. The number of phenolic OH excluding ortho intramolecular Hbond substituents is 1. The maximum atomic E-state index is 11.7. The standard InChI is InChI=1S/C31H44O3/c1-2-3-4-5-6-7-8-10-16-27(24-32)17-13-18-29(25-33)21-28-19-20-31(34)30(23-28)22-26-14-11-9-12-15-26/h9,11-12,14-15,19-20,23-25,27,29,34H,2-8,10,13,16-18,21-22H2,1H3. The van der Waals surface area contributed by atoms with E-state index in [2.05, 4.69) is 19.1 Å². The number of unbranched alkanes of at least 4 members (excludes halogenated alkanes) is 7. The number of phenols is 1. The summed E-state index contributed by atoms with van der Waals surface area (Å²) in [5.41, 5.74) is 3.12. The summed E-state index contributed by atoms with van der Waals surface area (Å²) in [6.45, 7) is 2.24. The summed E-state index contributed by atoms with van der Waals surface area (Å²) in [7, 11) is 0. The molecule has 2 aromatic rings. The minimum atomic E-state index is -0.0514. The molecular formula is C31H44O3. The maximum absolute atomic E-state index is 11.7. The third-order valence-electron chi connectivity index (χ3n) is 6.84. The number of rotatable bonds is 19. The Hall–Kier alpha value is -2.42. The smallest absolute Gasteiger partial charge is 0.123 e. The molecule has 3 heteroatoms. The highest BCUT2D eigenvalue weighted by atomic mass is 16.3. The Kier molecular flexibility index (Phi) is 14.0. The predicted octanol–water partition coefficient (Wildman–Crippen LogP) is 7.86. The molecule has 0 aliphatic rings. The number of carbonyl (C=O) groups is 2. The molecule has 0 aliphatic heterocycles. The molecule has 0 saturated carbocycles. The molecule has 34 heavy (non-hydrogen) atoms. The molecule has 0 bridgehead atoms. The van der Waals surface area contributed by atoms with E-state index in [1.54, 1.807) is 6.07 Å². The molecule has 0 spiro atoms. The molecule has 2 rings (SSSR count). The molecule has 2 aromatic carbocycles. The molecule has 0 radical (unpaired) electrons. The van der Waals surface area contributed by atoms with Crippen molar-refractivity contribution in [1.82, 2.24) is 0 Å². The fraction of sp³-hybridized carbons (Fsp3) is 0.548. The lowest BCUT2D eigenvalue weighted by Gasteiger charge is -2.14. The molecule has 186 valence electrons. The number of aromatic hydroxyl groups is 1. The number of aldehydes is 2. The normalized spacial score (nSPS) is 12.9. The van der Waals surface area contributed by atoms with Gasteiger partial charge in [-0.2, -0.15) is 0 Å². The molecule has 2 atom stereocenters. The van der Waals surface area contributed by atoms with Crippen LogP contribution in [0.3, 0.4) is 0 Å². The lowest BCUT2D eigenvalue weighted by molar-refractivity contribution is -0.111. The van der Waals surface area contributed by atoms with Crippen LogP contribution < -0.4 is 0 Å². The van der Waals surface area contributed by atoms with Crippen molar-refractivity contribution >= 4 is 12.6 Å². The van der Waals surface area contributed by atoms with Crippen LogP contribution in [0.5, 0.6) is 5.75 Å². The summed E-state index contributed by atoms with van der Waals surface area (Å²) < 4.78 is 0. The number of benzene rings is 2. The van der Waals surface area contributed by atoms with Crippen LogP contribution in [0, 0.1) is 11.8 Å². The van der Waals surface area contributed by atoms with Crippen molar-refractivity contribution in [3.05, 3.63) is 65.2 Å². The van der Waals surface area contributed by atoms with Crippen molar-refractivity contribution in [3.8, 4) is 5.75 Å². The summed E-state index contributed by atoms with van der Waals surface area (Å²) in [6.07, 6.45) is 17.4. The Morgan fingerprint density at radius 1 is 0.706 bits per heavy atom. The van der Waals surface area contributed by atoms with Gasteiger partial charge < -0.3 is 14.7 Å². The molecule has 0 heterocycles. The molecule has 2 unspecified atom stereocenters. The van der Waals surface area contributed by atoms with E-state index in [4.69, 9.17) is 0 Å². The Morgan fingerprint density at radius 2 is 1.32 bits per heavy atom. The summed E-state index contributed by atoms with van der Waals surface area (Å²) in [5.74, 6) is 0.369. The topological polar surface area (TPSA) is 54.4 Å². The Balaban J connectivity index is 1.72. The quantitative estimate of drug-likeness (QED) is 0.170. The molecule has 3 nitrogen and oxygen atoms in total. The second-order valence-corrected chi connectivity index (χ2v) is 9.82. The van der Waals surface area contributed by atoms with Gasteiger partial charge in [-0.1, -0.05) is 107 Å². The van der Waals surface area contributed by atoms with Crippen LogP contribution in [-0.2, 0) is 22.4 Å². The average Bonchev–Trinajstić information content (AvgIpc) is 2.86. The lowest BCUT2D eigenvalue weighted by atomic mass is 9.90. The van der Waals surface area contributed by atoms with E-state index in [-0.39, 0.29) is 11.8 Å². The predicted molar refractivity (Wildman–Crippen MR) is 141 cm³/mol. The average molecular weight is 465 g/mol. The van der Waals surface area contributed by atoms with Gasteiger partial charge in [-0.05, 0) is 48.4 Å². The van der Waals surface area contributed by atoms with E-state index < -0.39 is 0 Å². The number of hydrogen-bond acceptors (Lipinski definition) is 3. The second kappa shape index (κ2) is 17.1. The third-order valence-corrected chi connectivity index (χ3v) is 6.84. The maximum Gasteiger partial charge on any atom is 0.123 e.